The minimum atomic E-state index is -0.880. The van der Waals surface area contributed by atoms with Crippen LogP contribution in [-0.4, -0.2) is 18.8 Å². The second kappa shape index (κ2) is 4.56. The summed E-state index contributed by atoms with van der Waals surface area (Å²) in [5, 5.41) is 10.3. The molecule has 1 N–H and O–H groups in total. The van der Waals surface area contributed by atoms with Crippen molar-refractivity contribution < 1.29 is 9.84 Å². The maximum Gasteiger partial charge on any atom is 0.110 e. The standard InChI is InChI=1S/C14H20O2/c1-14(15,10-16-2)13-8-4-7-12(9-13)11-5-3-6-11/h4,7-9,11,15H,3,5-6,10H2,1-2H3. The highest BCUT2D eigenvalue weighted by atomic mass is 16.5. The van der Waals surface area contributed by atoms with Crippen LogP contribution >= 0.6 is 0 Å². The van der Waals surface area contributed by atoms with Gasteiger partial charge in [0, 0.05) is 7.11 Å². The molecule has 1 aromatic rings. The molecule has 1 unspecified atom stereocenters. The molecule has 1 atom stereocenters. The summed E-state index contributed by atoms with van der Waals surface area (Å²) in [5.41, 5.74) is 1.44. The minimum absolute atomic E-state index is 0.334. The zero-order valence-electron chi connectivity index (χ0n) is 10.1. The first-order valence-corrected chi connectivity index (χ1v) is 5.95. The van der Waals surface area contributed by atoms with E-state index in [1.807, 2.05) is 12.1 Å². The number of ether oxygens (including phenoxy) is 1. The first-order valence-electron chi connectivity index (χ1n) is 5.95. The predicted octanol–water partition coefficient (Wildman–Crippen LogP) is 2.81. The fraction of sp³-hybridized carbons (Fsp3) is 0.571. The van der Waals surface area contributed by atoms with Gasteiger partial charge in [-0.1, -0.05) is 30.7 Å². The lowest BCUT2D eigenvalue weighted by Gasteiger charge is -2.28. The Kier molecular flexibility index (Phi) is 3.31. The van der Waals surface area contributed by atoms with Crippen LogP contribution in [0.5, 0.6) is 0 Å². The first kappa shape index (κ1) is 11.6. The zero-order chi connectivity index (χ0) is 11.6. The van der Waals surface area contributed by atoms with E-state index in [0.717, 1.165) is 5.56 Å². The Hall–Kier alpha value is -0.860. The van der Waals surface area contributed by atoms with Crippen molar-refractivity contribution in [1.82, 2.24) is 0 Å². The van der Waals surface area contributed by atoms with Gasteiger partial charge in [0.2, 0.25) is 0 Å². The van der Waals surface area contributed by atoms with Crippen LogP contribution in [0.25, 0.3) is 0 Å². The van der Waals surface area contributed by atoms with Crippen molar-refractivity contribution in [1.29, 1.82) is 0 Å². The molecular weight excluding hydrogens is 200 g/mol. The normalized spacial score (nSPS) is 20.2. The molecular formula is C14H20O2. The van der Waals surface area contributed by atoms with E-state index in [1.165, 1.54) is 24.8 Å². The van der Waals surface area contributed by atoms with E-state index in [2.05, 4.69) is 12.1 Å². The van der Waals surface area contributed by atoms with Crippen LogP contribution in [0.1, 0.15) is 43.2 Å². The third-order valence-corrected chi connectivity index (χ3v) is 3.51. The molecule has 0 bridgehead atoms. The smallest absolute Gasteiger partial charge is 0.110 e. The molecule has 2 rings (SSSR count). The average Bonchev–Trinajstić information content (AvgIpc) is 2.15. The van der Waals surface area contributed by atoms with Crippen LogP contribution in [0.15, 0.2) is 24.3 Å². The van der Waals surface area contributed by atoms with Crippen molar-refractivity contribution in [2.45, 2.75) is 37.7 Å². The van der Waals surface area contributed by atoms with Gasteiger partial charge in [0.1, 0.15) is 5.60 Å². The predicted molar refractivity (Wildman–Crippen MR) is 64.5 cm³/mol. The monoisotopic (exact) mass is 220 g/mol. The van der Waals surface area contributed by atoms with E-state index in [0.29, 0.717) is 12.5 Å². The Morgan fingerprint density at radius 3 is 2.75 bits per heavy atom. The van der Waals surface area contributed by atoms with Crippen molar-refractivity contribution in [2.24, 2.45) is 0 Å². The summed E-state index contributed by atoms with van der Waals surface area (Å²) in [6.07, 6.45) is 3.91. The zero-order valence-corrected chi connectivity index (χ0v) is 10.1. The third kappa shape index (κ3) is 2.28. The lowest BCUT2D eigenvalue weighted by Crippen LogP contribution is -2.27. The van der Waals surface area contributed by atoms with Crippen LogP contribution in [0.2, 0.25) is 0 Å². The molecule has 0 spiro atoms. The summed E-state index contributed by atoms with van der Waals surface area (Å²) in [6.45, 7) is 2.14. The summed E-state index contributed by atoms with van der Waals surface area (Å²) < 4.78 is 5.05. The second-order valence-corrected chi connectivity index (χ2v) is 4.96. The van der Waals surface area contributed by atoms with Crippen molar-refractivity contribution >= 4 is 0 Å². The Labute approximate surface area is 97.3 Å². The highest BCUT2D eigenvalue weighted by Gasteiger charge is 2.25. The molecule has 2 heteroatoms. The van der Waals surface area contributed by atoms with Crippen LogP contribution < -0.4 is 0 Å². The van der Waals surface area contributed by atoms with Crippen molar-refractivity contribution in [3.63, 3.8) is 0 Å². The fourth-order valence-electron chi connectivity index (χ4n) is 2.23. The van der Waals surface area contributed by atoms with E-state index < -0.39 is 5.60 Å². The maximum atomic E-state index is 10.3. The van der Waals surface area contributed by atoms with E-state index in [-0.39, 0.29) is 0 Å². The largest absolute Gasteiger partial charge is 0.383 e. The third-order valence-electron chi connectivity index (χ3n) is 3.51. The van der Waals surface area contributed by atoms with Crippen LogP contribution in [0.4, 0.5) is 0 Å². The summed E-state index contributed by atoms with van der Waals surface area (Å²) >= 11 is 0. The molecule has 1 aliphatic carbocycles. The summed E-state index contributed by atoms with van der Waals surface area (Å²) in [4.78, 5) is 0. The first-order chi connectivity index (χ1) is 7.63. The number of benzene rings is 1. The number of hydrogen-bond donors (Lipinski definition) is 1. The molecule has 1 aromatic carbocycles. The summed E-state index contributed by atoms with van der Waals surface area (Å²) in [5.74, 6) is 0.707. The van der Waals surface area contributed by atoms with Gasteiger partial charge in [0.25, 0.3) is 0 Å². The molecule has 2 nitrogen and oxygen atoms in total. The quantitative estimate of drug-likeness (QED) is 0.845. The van der Waals surface area contributed by atoms with Gasteiger partial charge >= 0.3 is 0 Å². The van der Waals surface area contributed by atoms with Gasteiger partial charge in [-0.05, 0) is 36.8 Å². The SMILES string of the molecule is COCC(C)(O)c1cccc(C2CCC2)c1. The second-order valence-electron chi connectivity index (χ2n) is 4.96. The average molecular weight is 220 g/mol. The number of rotatable bonds is 4. The van der Waals surface area contributed by atoms with Crippen molar-refractivity contribution in [2.75, 3.05) is 13.7 Å². The van der Waals surface area contributed by atoms with E-state index in [9.17, 15) is 5.11 Å². The Bertz CT molecular complexity index is 354. The topological polar surface area (TPSA) is 29.5 Å². The molecule has 0 saturated heterocycles. The molecule has 0 radical (unpaired) electrons. The van der Waals surface area contributed by atoms with Crippen LogP contribution in [-0.2, 0) is 10.3 Å². The molecule has 1 saturated carbocycles. The highest BCUT2D eigenvalue weighted by Crippen LogP contribution is 2.37. The lowest BCUT2D eigenvalue weighted by atomic mass is 9.79. The Morgan fingerprint density at radius 2 is 2.19 bits per heavy atom. The highest BCUT2D eigenvalue weighted by molar-refractivity contribution is 5.31. The molecule has 1 fully saturated rings. The molecule has 88 valence electrons. The van der Waals surface area contributed by atoms with Gasteiger partial charge in [0.15, 0.2) is 0 Å². The van der Waals surface area contributed by atoms with Gasteiger partial charge in [-0.15, -0.1) is 0 Å². The van der Waals surface area contributed by atoms with E-state index in [4.69, 9.17) is 4.74 Å². The fourth-order valence-corrected chi connectivity index (χ4v) is 2.23. The number of methoxy groups -OCH3 is 1. The van der Waals surface area contributed by atoms with E-state index in [1.54, 1.807) is 14.0 Å². The van der Waals surface area contributed by atoms with Crippen LogP contribution in [0.3, 0.4) is 0 Å². The van der Waals surface area contributed by atoms with Crippen LogP contribution in [0, 0.1) is 0 Å². The van der Waals surface area contributed by atoms with Gasteiger partial charge in [-0.25, -0.2) is 0 Å². The maximum absolute atomic E-state index is 10.3. The Balaban J connectivity index is 2.20. The molecule has 0 amide bonds. The van der Waals surface area contributed by atoms with Gasteiger partial charge < -0.3 is 9.84 Å². The van der Waals surface area contributed by atoms with Crippen molar-refractivity contribution in [3.05, 3.63) is 35.4 Å². The van der Waals surface area contributed by atoms with Gasteiger partial charge in [-0.3, -0.25) is 0 Å². The Morgan fingerprint density at radius 1 is 1.44 bits per heavy atom. The number of hydrogen-bond acceptors (Lipinski definition) is 2. The number of aliphatic hydroxyl groups is 1. The molecule has 1 aliphatic rings. The van der Waals surface area contributed by atoms with E-state index >= 15 is 0 Å². The van der Waals surface area contributed by atoms with Crippen molar-refractivity contribution in [3.8, 4) is 0 Å². The van der Waals surface area contributed by atoms with Gasteiger partial charge in [-0.2, -0.15) is 0 Å². The lowest BCUT2D eigenvalue weighted by molar-refractivity contribution is -0.0208. The molecule has 0 aromatic heterocycles. The molecule has 0 heterocycles. The molecule has 0 aliphatic heterocycles. The van der Waals surface area contributed by atoms with Gasteiger partial charge in [0.05, 0.1) is 6.61 Å². The summed E-state index contributed by atoms with van der Waals surface area (Å²) in [7, 11) is 1.62. The summed E-state index contributed by atoms with van der Waals surface area (Å²) in [6, 6.07) is 8.30. The minimum Gasteiger partial charge on any atom is -0.383 e. The molecule has 16 heavy (non-hydrogen) atoms.